The summed E-state index contributed by atoms with van der Waals surface area (Å²) in [5, 5.41) is 2.82. The van der Waals surface area contributed by atoms with E-state index in [-0.39, 0.29) is 11.3 Å². The number of hydrogen-bond acceptors (Lipinski definition) is 3. The predicted molar refractivity (Wildman–Crippen MR) is 115 cm³/mol. The molecule has 3 rings (SSSR count). The molecule has 150 valence electrons. The Morgan fingerprint density at radius 3 is 2.21 bits per heavy atom. The molecule has 0 saturated carbocycles. The lowest BCUT2D eigenvalue weighted by Crippen LogP contribution is -2.45. The van der Waals surface area contributed by atoms with Gasteiger partial charge in [0.05, 0.1) is 4.90 Å². The summed E-state index contributed by atoms with van der Waals surface area (Å²) in [4.78, 5) is 13.1. The first-order valence-corrected chi connectivity index (χ1v) is 10.8. The van der Waals surface area contributed by atoms with E-state index in [2.05, 4.69) is 10.0 Å². The third-order valence-corrected chi connectivity index (χ3v) is 6.00. The molecular formula is C23H24N2O3S. The van der Waals surface area contributed by atoms with Crippen LogP contribution in [0.15, 0.2) is 83.8 Å². The molecule has 0 bridgehead atoms. The summed E-state index contributed by atoms with van der Waals surface area (Å²) in [7, 11) is -3.85. The van der Waals surface area contributed by atoms with Gasteiger partial charge in [-0.2, -0.15) is 4.72 Å². The highest BCUT2D eigenvalue weighted by Gasteiger charge is 2.26. The molecule has 0 radical (unpaired) electrons. The molecule has 3 aromatic rings. The molecule has 0 heterocycles. The molecule has 0 aliphatic rings. The number of carbonyl (C=O) groups excluding carboxylic acids is 1. The van der Waals surface area contributed by atoms with E-state index in [0.717, 1.165) is 16.7 Å². The lowest BCUT2D eigenvalue weighted by Gasteiger charge is -2.19. The number of sulfonamides is 1. The second-order valence-electron chi connectivity index (χ2n) is 7.04. The van der Waals surface area contributed by atoms with Crippen molar-refractivity contribution >= 4 is 21.6 Å². The largest absolute Gasteiger partial charge is 0.325 e. The monoisotopic (exact) mass is 408 g/mol. The molecule has 0 aliphatic carbocycles. The molecule has 5 nitrogen and oxygen atoms in total. The highest BCUT2D eigenvalue weighted by molar-refractivity contribution is 7.89. The number of hydrogen-bond donors (Lipinski definition) is 2. The van der Waals surface area contributed by atoms with Crippen molar-refractivity contribution in [3.63, 3.8) is 0 Å². The number of carbonyl (C=O) groups is 1. The fraction of sp³-hybridized carbons (Fsp3) is 0.174. The van der Waals surface area contributed by atoms with E-state index in [4.69, 9.17) is 0 Å². The number of amides is 1. The first-order chi connectivity index (χ1) is 13.8. The van der Waals surface area contributed by atoms with Gasteiger partial charge in [-0.3, -0.25) is 4.79 Å². The van der Waals surface area contributed by atoms with Crippen molar-refractivity contribution in [3.8, 4) is 0 Å². The van der Waals surface area contributed by atoms with Crippen LogP contribution in [0, 0.1) is 13.8 Å². The Bertz CT molecular complexity index is 1080. The van der Waals surface area contributed by atoms with Crippen LogP contribution in [-0.2, 0) is 21.2 Å². The molecule has 0 unspecified atom stereocenters. The van der Waals surface area contributed by atoms with Crippen molar-refractivity contribution in [1.82, 2.24) is 4.72 Å². The third kappa shape index (κ3) is 5.76. The maximum absolute atomic E-state index is 13.0. The molecule has 2 N–H and O–H groups in total. The zero-order valence-electron chi connectivity index (χ0n) is 16.4. The lowest BCUT2D eigenvalue weighted by molar-refractivity contribution is -0.117. The van der Waals surface area contributed by atoms with Crippen molar-refractivity contribution in [2.24, 2.45) is 0 Å². The first-order valence-electron chi connectivity index (χ1n) is 9.34. The van der Waals surface area contributed by atoms with Gasteiger partial charge < -0.3 is 5.32 Å². The highest BCUT2D eigenvalue weighted by Crippen LogP contribution is 2.15. The molecule has 1 amide bonds. The fourth-order valence-electron chi connectivity index (χ4n) is 2.96. The molecule has 0 saturated heterocycles. The minimum absolute atomic E-state index is 0.129. The van der Waals surface area contributed by atoms with Gasteiger partial charge in [0.25, 0.3) is 0 Å². The van der Waals surface area contributed by atoms with Crippen molar-refractivity contribution in [2.45, 2.75) is 31.2 Å². The molecule has 0 fully saturated rings. The second-order valence-corrected chi connectivity index (χ2v) is 8.75. The van der Waals surface area contributed by atoms with Crippen LogP contribution in [0.4, 0.5) is 5.69 Å². The zero-order chi connectivity index (χ0) is 20.9. The van der Waals surface area contributed by atoms with Crippen LogP contribution in [-0.4, -0.2) is 20.4 Å². The number of rotatable bonds is 7. The van der Waals surface area contributed by atoms with Crippen LogP contribution in [0.1, 0.15) is 16.7 Å². The number of anilines is 1. The van der Waals surface area contributed by atoms with Crippen LogP contribution >= 0.6 is 0 Å². The lowest BCUT2D eigenvalue weighted by atomic mass is 10.1. The summed E-state index contributed by atoms with van der Waals surface area (Å²) in [6, 6.07) is 22.3. The average molecular weight is 409 g/mol. The Kier molecular flexibility index (Phi) is 6.46. The van der Waals surface area contributed by atoms with Crippen LogP contribution in [0.5, 0.6) is 0 Å². The quantitative estimate of drug-likeness (QED) is 0.624. The standard InChI is InChI=1S/C23H24N2O3S/c1-17-11-13-21(14-12-17)29(27,28)25-22(16-19-8-4-3-5-9-19)23(26)24-20-10-6-7-18(2)15-20/h3-15,22,25H,16H2,1-2H3,(H,24,26)/t22-/m0/s1. The van der Waals surface area contributed by atoms with Crippen LogP contribution < -0.4 is 10.0 Å². The van der Waals surface area contributed by atoms with Crippen molar-refractivity contribution in [2.75, 3.05) is 5.32 Å². The second kappa shape index (κ2) is 9.03. The van der Waals surface area contributed by atoms with E-state index >= 15 is 0 Å². The molecule has 1 atom stereocenters. The van der Waals surface area contributed by atoms with E-state index in [9.17, 15) is 13.2 Å². The summed E-state index contributed by atoms with van der Waals surface area (Å²) in [6.07, 6.45) is 0.240. The van der Waals surface area contributed by atoms with Gasteiger partial charge in [0, 0.05) is 5.69 Å². The minimum Gasteiger partial charge on any atom is -0.325 e. The maximum Gasteiger partial charge on any atom is 0.242 e. The molecular weight excluding hydrogens is 384 g/mol. The Morgan fingerprint density at radius 2 is 1.55 bits per heavy atom. The van der Waals surface area contributed by atoms with E-state index in [0.29, 0.717) is 5.69 Å². The van der Waals surface area contributed by atoms with E-state index in [1.165, 1.54) is 12.1 Å². The summed E-state index contributed by atoms with van der Waals surface area (Å²) < 4.78 is 28.3. The summed E-state index contributed by atoms with van der Waals surface area (Å²) in [5.74, 6) is -0.407. The van der Waals surface area contributed by atoms with E-state index < -0.39 is 22.0 Å². The Balaban J connectivity index is 1.85. The summed E-state index contributed by atoms with van der Waals surface area (Å²) in [6.45, 7) is 3.81. The number of benzene rings is 3. The fourth-order valence-corrected chi connectivity index (χ4v) is 4.16. The summed E-state index contributed by atoms with van der Waals surface area (Å²) in [5.41, 5.74) is 3.45. The van der Waals surface area contributed by atoms with Gasteiger partial charge in [-0.15, -0.1) is 0 Å². The van der Waals surface area contributed by atoms with Crippen LogP contribution in [0.2, 0.25) is 0 Å². The number of aryl methyl sites for hydroxylation is 2. The Labute approximate surface area is 171 Å². The van der Waals surface area contributed by atoms with Crippen LogP contribution in [0.25, 0.3) is 0 Å². The van der Waals surface area contributed by atoms with Gasteiger partial charge in [-0.1, -0.05) is 60.2 Å². The summed E-state index contributed by atoms with van der Waals surface area (Å²) >= 11 is 0. The highest BCUT2D eigenvalue weighted by atomic mass is 32.2. The first kappa shape index (κ1) is 20.8. The molecule has 0 aromatic heterocycles. The van der Waals surface area contributed by atoms with E-state index in [1.807, 2.05) is 62.4 Å². The zero-order valence-corrected chi connectivity index (χ0v) is 17.2. The molecule has 29 heavy (non-hydrogen) atoms. The topological polar surface area (TPSA) is 75.3 Å². The predicted octanol–water partition coefficient (Wildman–Crippen LogP) is 3.83. The van der Waals surface area contributed by atoms with Gasteiger partial charge in [0.2, 0.25) is 15.9 Å². The molecule has 0 spiro atoms. The van der Waals surface area contributed by atoms with E-state index in [1.54, 1.807) is 18.2 Å². The van der Waals surface area contributed by atoms with Gasteiger partial charge in [0.15, 0.2) is 0 Å². The maximum atomic E-state index is 13.0. The van der Waals surface area contributed by atoms with Crippen molar-refractivity contribution in [1.29, 1.82) is 0 Å². The SMILES string of the molecule is Cc1ccc(S(=O)(=O)N[C@@H](Cc2ccccc2)C(=O)Nc2cccc(C)c2)cc1. The Morgan fingerprint density at radius 1 is 0.862 bits per heavy atom. The van der Waals surface area contributed by atoms with Crippen molar-refractivity contribution < 1.29 is 13.2 Å². The minimum atomic E-state index is -3.85. The molecule has 0 aliphatic heterocycles. The van der Waals surface area contributed by atoms with Crippen LogP contribution in [0.3, 0.4) is 0 Å². The Hall–Kier alpha value is -2.96. The third-order valence-electron chi connectivity index (χ3n) is 4.51. The van der Waals surface area contributed by atoms with Gasteiger partial charge in [0.1, 0.15) is 6.04 Å². The normalized spacial score (nSPS) is 12.3. The number of nitrogens with one attached hydrogen (secondary N) is 2. The average Bonchev–Trinajstić information content (AvgIpc) is 2.68. The van der Waals surface area contributed by atoms with Crippen molar-refractivity contribution in [3.05, 3.63) is 95.6 Å². The van der Waals surface area contributed by atoms with Gasteiger partial charge >= 0.3 is 0 Å². The van der Waals surface area contributed by atoms with Gasteiger partial charge in [-0.25, -0.2) is 8.42 Å². The molecule has 6 heteroatoms. The smallest absolute Gasteiger partial charge is 0.242 e. The molecule has 3 aromatic carbocycles. The van der Waals surface area contributed by atoms with Gasteiger partial charge in [-0.05, 0) is 55.7 Å².